The third-order valence-corrected chi connectivity index (χ3v) is 5.40. The summed E-state index contributed by atoms with van der Waals surface area (Å²) in [5.41, 5.74) is 2.95. The Bertz CT molecular complexity index is 859. The molecule has 0 atom stereocenters. The zero-order valence-corrected chi connectivity index (χ0v) is 16.9. The second-order valence-electron chi connectivity index (χ2n) is 7.51. The van der Waals surface area contributed by atoms with E-state index in [1.807, 2.05) is 32.0 Å². The average Bonchev–Trinajstić information content (AvgIpc) is 2.71. The topological polar surface area (TPSA) is 58.6 Å². The van der Waals surface area contributed by atoms with Crippen molar-refractivity contribution in [2.45, 2.75) is 39.2 Å². The molecule has 1 fully saturated rings. The minimum absolute atomic E-state index is 0.0197. The summed E-state index contributed by atoms with van der Waals surface area (Å²) in [5.74, 6) is 0.302. The Morgan fingerprint density at radius 1 is 1.10 bits per heavy atom. The number of rotatable bonds is 6. The summed E-state index contributed by atoms with van der Waals surface area (Å²) in [6, 6.07) is 11.8. The monoisotopic (exact) mass is 398 g/mol. The van der Waals surface area contributed by atoms with Gasteiger partial charge in [-0.15, -0.1) is 0 Å². The maximum atomic E-state index is 12.9. The molecule has 0 aromatic heterocycles. The van der Waals surface area contributed by atoms with Crippen LogP contribution in [0.2, 0.25) is 0 Å². The smallest absolute Gasteiger partial charge is 0.260 e. The van der Waals surface area contributed by atoms with E-state index >= 15 is 0 Å². The number of amides is 2. The number of ether oxygens (including phenoxy) is 1. The molecule has 0 aliphatic carbocycles. The van der Waals surface area contributed by atoms with E-state index in [0.717, 1.165) is 22.4 Å². The number of carbonyl (C=O) groups excluding carboxylic acids is 2. The van der Waals surface area contributed by atoms with E-state index in [2.05, 4.69) is 5.32 Å². The van der Waals surface area contributed by atoms with Crippen molar-refractivity contribution in [1.29, 1.82) is 0 Å². The van der Waals surface area contributed by atoms with Gasteiger partial charge >= 0.3 is 0 Å². The molecule has 0 bridgehead atoms. The van der Waals surface area contributed by atoms with Gasteiger partial charge in [0.25, 0.3) is 5.91 Å². The molecule has 1 aliphatic rings. The van der Waals surface area contributed by atoms with Crippen LogP contribution in [0.15, 0.2) is 42.5 Å². The molecule has 2 aromatic carbocycles. The van der Waals surface area contributed by atoms with Crippen molar-refractivity contribution in [2.75, 3.05) is 19.7 Å². The van der Waals surface area contributed by atoms with Crippen LogP contribution in [0, 0.1) is 19.7 Å². The molecule has 6 heteroatoms. The number of hydrogen-bond acceptors (Lipinski definition) is 3. The Labute approximate surface area is 170 Å². The zero-order chi connectivity index (χ0) is 20.8. The van der Waals surface area contributed by atoms with Crippen molar-refractivity contribution in [1.82, 2.24) is 10.2 Å². The molecule has 2 amide bonds. The molecule has 1 saturated heterocycles. The van der Waals surface area contributed by atoms with E-state index in [1.54, 1.807) is 17.0 Å². The molecule has 29 heavy (non-hydrogen) atoms. The van der Waals surface area contributed by atoms with Gasteiger partial charge in [0.1, 0.15) is 11.6 Å². The van der Waals surface area contributed by atoms with E-state index in [4.69, 9.17) is 4.74 Å². The normalized spacial score (nSPS) is 14.5. The fourth-order valence-electron chi connectivity index (χ4n) is 3.45. The quantitative estimate of drug-likeness (QED) is 0.813. The first-order valence-corrected chi connectivity index (χ1v) is 9.93. The lowest BCUT2D eigenvalue weighted by Crippen LogP contribution is -2.48. The number of likely N-dealkylation sites (tertiary alicyclic amines) is 1. The highest BCUT2D eigenvalue weighted by molar-refractivity contribution is 5.79. The fourth-order valence-corrected chi connectivity index (χ4v) is 3.45. The number of hydrogen-bond donors (Lipinski definition) is 1. The van der Waals surface area contributed by atoms with Gasteiger partial charge in [-0.1, -0.05) is 24.3 Å². The first kappa shape index (κ1) is 20.8. The molecule has 3 rings (SSSR count). The SMILES string of the molecule is Cc1cccc(OCC(=O)N2CCC(NC(=O)Cc3ccc(F)cc3)CC2)c1C. The van der Waals surface area contributed by atoms with Crippen molar-refractivity contribution < 1.29 is 18.7 Å². The third kappa shape index (κ3) is 5.79. The molecule has 0 unspecified atom stereocenters. The number of nitrogens with zero attached hydrogens (tertiary/aromatic N) is 1. The highest BCUT2D eigenvalue weighted by Gasteiger charge is 2.24. The van der Waals surface area contributed by atoms with Crippen molar-refractivity contribution in [3.63, 3.8) is 0 Å². The third-order valence-electron chi connectivity index (χ3n) is 5.40. The number of carbonyl (C=O) groups is 2. The van der Waals surface area contributed by atoms with Gasteiger partial charge in [-0.05, 0) is 61.6 Å². The minimum Gasteiger partial charge on any atom is -0.483 e. The summed E-state index contributed by atoms with van der Waals surface area (Å²) in [7, 11) is 0. The lowest BCUT2D eigenvalue weighted by Gasteiger charge is -2.32. The van der Waals surface area contributed by atoms with Gasteiger partial charge in [0.2, 0.25) is 5.91 Å². The van der Waals surface area contributed by atoms with E-state index in [1.165, 1.54) is 12.1 Å². The fraction of sp³-hybridized carbons (Fsp3) is 0.391. The molecule has 5 nitrogen and oxygen atoms in total. The van der Waals surface area contributed by atoms with E-state index in [-0.39, 0.29) is 36.7 Å². The summed E-state index contributed by atoms with van der Waals surface area (Å²) in [5, 5.41) is 3.01. The Morgan fingerprint density at radius 2 is 1.79 bits per heavy atom. The lowest BCUT2D eigenvalue weighted by molar-refractivity contribution is -0.134. The zero-order valence-electron chi connectivity index (χ0n) is 16.9. The Morgan fingerprint density at radius 3 is 2.48 bits per heavy atom. The second-order valence-corrected chi connectivity index (χ2v) is 7.51. The van der Waals surface area contributed by atoms with Crippen molar-refractivity contribution in [2.24, 2.45) is 0 Å². The highest BCUT2D eigenvalue weighted by atomic mass is 19.1. The standard InChI is InChI=1S/C23H27FN2O3/c1-16-4-3-5-21(17(16)2)29-15-23(28)26-12-10-20(11-13-26)25-22(27)14-18-6-8-19(24)9-7-18/h3-9,20H,10-15H2,1-2H3,(H,25,27). The van der Waals surface area contributed by atoms with E-state index in [0.29, 0.717) is 25.9 Å². The van der Waals surface area contributed by atoms with Gasteiger partial charge < -0.3 is 15.0 Å². The predicted octanol–water partition coefficient (Wildman–Crippen LogP) is 3.17. The van der Waals surface area contributed by atoms with Crippen LogP contribution >= 0.6 is 0 Å². The van der Waals surface area contributed by atoms with Crippen molar-refractivity contribution >= 4 is 11.8 Å². The number of halogens is 1. The maximum Gasteiger partial charge on any atom is 0.260 e. The van der Waals surface area contributed by atoms with Gasteiger partial charge in [0, 0.05) is 19.1 Å². The first-order valence-electron chi connectivity index (χ1n) is 9.93. The van der Waals surface area contributed by atoms with Crippen LogP contribution < -0.4 is 10.1 Å². The van der Waals surface area contributed by atoms with E-state index < -0.39 is 0 Å². The van der Waals surface area contributed by atoms with Gasteiger partial charge in [-0.2, -0.15) is 0 Å². The summed E-state index contributed by atoms with van der Waals surface area (Å²) in [6.45, 7) is 5.20. The van der Waals surface area contributed by atoms with Crippen LogP contribution in [-0.2, 0) is 16.0 Å². The Kier molecular flexibility index (Phi) is 6.86. The van der Waals surface area contributed by atoms with Crippen molar-refractivity contribution in [3.05, 3.63) is 65.0 Å². The predicted molar refractivity (Wildman–Crippen MR) is 109 cm³/mol. The molecule has 2 aromatic rings. The first-order chi connectivity index (χ1) is 13.9. The van der Waals surface area contributed by atoms with Crippen LogP contribution in [0.25, 0.3) is 0 Å². The molecular weight excluding hydrogens is 371 g/mol. The Balaban J connectivity index is 1.41. The van der Waals surface area contributed by atoms with Crippen LogP contribution in [0.5, 0.6) is 5.75 Å². The van der Waals surface area contributed by atoms with Gasteiger partial charge in [0.05, 0.1) is 6.42 Å². The second kappa shape index (κ2) is 9.54. The summed E-state index contributed by atoms with van der Waals surface area (Å²) >= 11 is 0. The number of aryl methyl sites for hydroxylation is 1. The van der Waals surface area contributed by atoms with Crippen molar-refractivity contribution in [3.8, 4) is 5.75 Å². The van der Waals surface area contributed by atoms with Crippen LogP contribution in [0.1, 0.15) is 29.5 Å². The largest absolute Gasteiger partial charge is 0.483 e. The van der Waals surface area contributed by atoms with Gasteiger partial charge in [-0.25, -0.2) is 4.39 Å². The number of benzene rings is 2. The molecule has 154 valence electrons. The number of nitrogens with one attached hydrogen (secondary N) is 1. The van der Waals surface area contributed by atoms with Crippen LogP contribution in [-0.4, -0.2) is 42.5 Å². The summed E-state index contributed by atoms with van der Waals surface area (Å²) in [4.78, 5) is 26.4. The van der Waals surface area contributed by atoms with Crippen LogP contribution in [0.4, 0.5) is 4.39 Å². The van der Waals surface area contributed by atoms with Crippen LogP contribution in [0.3, 0.4) is 0 Å². The Hall–Kier alpha value is -2.89. The van der Waals surface area contributed by atoms with E-state index in [9.17, 15) is 14.0 Å². The molecule has 1 N–H and O–H groups in total. The molecule has 1 heterocycles. The molecule has 0 saturated carbocycles. The summed E-state index contributed by atoms with van der Waals surface area (Å²) in [6.07, 6.45) is 1.65. The van der Waals surface area contributed by atoms with Gasteiger partial charge in [0.15, 0.2) is 6.61 Å². The highest BCUT2D eigenvalue weighted by Crippen LogP contribution is 2.21. The molecule has 0 spiro atoms. The number of piperidine rings is 1. The molecular formula is C23H27FN2O3. The molecule has 0 radical (unpaired) electrons. The lowest BCUT2D eigenvalue weighted by atomic mass is 10.0. The maximum absolute atomic E-state index is 12.9. The van der Waals surface area contributed by atoms with Gasteiger partial charge in [-0.3, -0.25) is 9.59 Å². The minimum atomic E-state index is -0.312. The molecule has 1 aliphatic heterocycles. The average molecular weight is 398 g/mol. The summed E-state index contributed by atoms with van der Waals surface area (Å²) < 4.78 is 18.7.